The Labute approximate surface area is 117 Å². The molecule has 0 aromatic heterocycles. The summed E-state index contributed by atoms with van der Waals surface area (Å²) in [6.07, 6.45) is 0. The molecule has 0 fully saturated rings. The summed E-state index contributed by atoms with van der Waals surface area (Å²) in [6, 6.07) is 13.2. The van der Waals surface area contributed by atoms with E-state index in [1.54, 1.807) is 13.2 Å². The SMILES string of the molecule is COCc1cccc(Oc2cccc(Cl)c2CN)c1. The molecule has 0 aliphatic heterocycles. The molecular weight excluding hydrogens is 262 g/mol. The summed E-state index contributed by atoms with van der Waals surface area (Å²) in [5, 5.41) is 0.619. The average Bonchev–Trinajstić information content (AvgIpc) is 2.40. The van der Waals surface area contributed by atoms with Crippen molar-refractivity contribution in [2.75, 3.05) is 7.11 Å². The minimum Gasteiger partial charge on any atom is -0.457 e. The fourth-order valence-corrected chi connectivity index (χ4v) is 2.07. The molecular formula is C15H16ClNO2. The Bertz CT molecular complexity index is 558. The van der Waals surface area contributed by atoms with E-state index in [0.29, 0.717) is 23.9 Å². The lowest BCUT2D eigenvalue weighted by molar-refractivity contribution is 0.184. The molecule has 2 aromatic carbocycles. The Hall–Kier alpha value is -1.55. The van der Waals surface area contributed by atoms with Crippen LogP contribution in [0.2, 0.25) is 5.02 Å². The number of methoxy groups -OCH3 is 1. The summed E-state index contributed by atoms with van der Waals surface area (Å²) in [4.78, 5) is 0. The van der Waals surface area contributed by atoms with E-state index in [9.17, 15) is 0 Å². The molecule has 2 aromatic rings. The molecule has 0 saturated carbocycles. The van der Waals surface area contributed by atoms with Crippen molar-refractivity contribution in [1.82, 2.24) is 0 Å². The van der Waals surface area contributed by atoms with Crippen LogP contribution in [-0.4, -0.2) is 7.11 Å². The third kappa shape index (κ3) is 3.47. The van der Waals surface area contributed by atoms with E-state index < -0.39 is 0 Å². The normalized spacial score (nSPS) is 10.5. The first-order valence-electron chi connectivity index (χ1n) is 5.97. The molecule has 0 heterocycles. The summed E-state index contributed by atoms with van der Waals surface area (Å²) in [7, 11) is 1.66. The second-order valence-corrected chi connectivity index (χ2v) is 4.51. The lowest BCUT2D eigenvalue weighted by Gasteiger charge is -2.12. The zero-order valence-corrected chi connectivity index (χ0v) is 11.5. The minimum atomic E-state index is 0.340. The molecule has 2 N–H and O–H groups in total. The van der Waals surface area contributed by atoms with Gasteiger partial charge in [0.05, 0.1) is 6.61 Å². The molecule has 100 valence electrons. The van der Waals surface area contributed by atoms with Gasteiger partial charge in [-0.3, -0.25) is 0 Å². The molecule has 3 nitrogen and oxygen atoms in total. The summed E-state index contributed by atoms with van der Waals surface area (Å²) in [5.41, 5.74) is 7.56. The summed E-state index contributed by atoms with van der Waals surface area (Å²) in [6.45, 7) is 0.892. The van der Waals surface area contributed by atoms with Crippen molar-refractivity contribution in [3.8, 4) is 11.5 Å². The third-order valence-electron chi connectivity index (χ3n) is 2.72. The van der Waals surface area contributed by atoms with Crippen molar-refractivity contribution in [3.63, 3.8) is 0 Å². The van der Waals surface area contributed by atoms with Gasteiger partial charge in [-0.15, -0.1) is 0 Å². The van der Waals surface area contributed by atoms with Crippen LogP contribution in [0.3, 0.4) is 0 Å². The van der Waals surface area contributed by atoms with Crippen LogP contribution in [0.1, 0.15) is 11.1 Å². The van der Waals surface area contributed by atoms with Gasteiger partial charge in [-0.2, -0.15) is 0 Å². The lowest BCUT2D eigenvalue weighted by Crippen LogP contribution is -2.00. The molecule has 0 aliphatic rings. The van der Waals surface area contributed by atoms with E-state index in [-0.39, 0.29) is 0 Å². The summed E-state index contributed by atoms with van der Waals surface area (Å²) >= 11 is 6.10. The van der Waals surface area contributed by atoms with Crippen molar-refractivity contribution < 1.29 is 9.47 Å². The number of benzene rings is 2. The topological polar surface area (TPSA) is 44.5 Å². The van der Waals surface area contributed by atoms with Gasteiger partial charge in [-0.25, -0.2) is 0 Å². The summed E-state index contributed by atoms with van der Waals surface area (Å²) < 4.78 is 10.9. The molecule has 4 heteroatoms. The van der Waals surface area contributed by atoms with Crippen LogP contribution < -0.4 is 10.5 Å². The van der Waals surface area contributed by atoms with Crippen LogP contribution in [0, 0.1) is 0 Å². The highest BCUT2D eigenvalue weighted by Gasteiger charge is 2.07. The second kappa shape index (κ2) is 6.57. The van der Waals surface area contributed by atoms with E-state index >= 15 is 0 Å². The number of halogens is 1. The number of rotatable bonds is 5. The van der Waals surface area contributed by atoms with Crippen LogP contribution in [0.25, 0.3) is 0 Å². The average molecular weight is 278 g/mol. The van der Waals surface area contributed by atoms with Gasteiger partial charge in [0.15, 0.2) is 0 Å². The van der Waals surface area contributed by atoms with Crippen LogP contribution >= 0.6 is 11.6 Å². The van der Waals surface area contributed by atoms with E-state index in [0.717, 1.165) is 16.9 Å². The Balaban J connectivity index is 2.26. The first-order valence-corrected chi connectivity index (χ1v) is 6.35. The van der Waals surface area contributed by atoms with Crippen molar-refractivity contribution >= 4 is 11.6 Å². The molecule has 0 atom stereocenters. The molecule has 0 unspecified atom stereocenters. The van der Waals surface area contributed by atoms with Crippen LogP contribution in [0.4, 0.5) is 0 Å². The lowest BCUT2D eigenvalue weighted by atomic mass is 10.2. The molecule has 2 rings (SSSR count). The third-order valence-corrected chi connectivity index (χ3v) is 3.07. The standard InChI is InChI=1S/C15H16ClNO2/c1-18-10-11-4-2-5-12(8-11)19-15-7-3-6-14(16)13(15)9-17/h2-8H,9-10,17H2,1H3. The number of hydrogen-bond donors (Lipinski definition) is 1. The predicted molar refractivity (Wildman–Crippen MR) is 76.6 cm³/mol. The first-order chi connectivity index (χ1) is 9.24. The van der Waals surface area contributed by atoms with E-state index in [2.05, 4.69) is 0 Å². The fraction of sp³-hybridized carbons (Fsp3) is 0.200. The molecule has 0 amide bonds. The van der Waals surface area contributed by atoms with Crippen molar-refractivity contribution in [1.29, 1.82) is 0 Å². The minimum absolute atomic E-state index is 0.340. The Morgan fingerprint density at radius 2 is 1.95 bits per heavy atom. The van der Waals surface area contributed by atoms with E-state index in [1.807, 2.05) is 36.4 Å². The molecule has 0 bridgehead atoms. The van der Waals surface area contributed by atoms with Crippen molar-refractivity contribution in [2.45, 2.75) is 13.2 Å². The van der Waals surface area contributed by atoms with Gasteiger partial charge in [0.2, 0.25) is 0 Å². The largest absolute Gasteiger partial charge is 0.457 e. The molecule has 0 spiro atoms. The highest BCUT2D eigenvalue weighted by molar-refractivity contribution is 6.31. The predicted octanol–water partition coefficient (Wildman–Crippen LogP) is 3.74. The van der Waals surface area contributed by atoms with E-state index in [4.69, 9.17) is 26.8 Å². The van der Waals surface area contributed by atoms with Gasteiger partial charge in [0, 0.05) is 24.2 Å². The number of ether oxygens (including phenoxy) is 2. The number of nitrogens with two attached hydrogens (primary N) is 1. The molecule has 0 saturated heterocycles. The molecule has 19 heavy (non-hydrogen) atoms. The Morgan fingerprint density at radius 1 is 1.16 bits per heavy atom. The molecule has 0 aliphatic carbocycles. The van der Waals surface area contributed by atoms with Crippen molar-refractivity contribution in [2.24, 2.45) is 5.73 Å². The Morgan fingerprint density at radius 3 is 2.68 bits per heavy atom. The van der Waals surface area contributed by atoms with Crippen molar-refractivity contribution in [3.05, 3.63) is 58.6 Å². The van der Waals surface area contributed by atoms with E-state index in [1.165, 1.54) is 0 Å². The first kappa shape index (κ1) is 13.9. The molecule has 0 radical (unpaired) electrons. The Kier molecular flexibility index (Phi) is 4.80. The maximum Gasteiger partial charge on any atom is 0.133 e. The quantitative estimate of drug-likeness (QED) is 0.905. The monoisotopic (exact) mass is 277 g/mol. The summed E-state index contributed by atoms with van der Waals surface area (Å²) in [5.74, 6) is 1.43. The zero-order valence-electron chi connectivity index (χ0n) is 10.7. The van der Waals surface area contributed by atoms with Gasteiger partial charge >= 0.3 is 0 Å². The van der Waals surface area contributed by atoms with Gasteiger partial charge in [-0.1, -0.05) is 29.8 Å². The van der Waals surface area contributed by atoms with Crippen LogP contribution in [0.5, 0.6) is 11.5 Å². The fourth-order valence-electron chi connectivity index (χ4n) is 1.82. The van der Waals surface area contributed by atoms with Gasteiger partial charge in [-0.05, 0) is 29.8 Å². The highest BCUT2D eigenvalue weighted by atomic mass is 35.5. The van der Waals surface area contributed by atoms with Gasteiger partial charge in [0.25, 0.3) is 0 Å². The van der Waals surface area contributed by atoms with Crippen LogP contribution in [-0.2, 0) is 17.9 Å². The second-order valence-electron chi connectivity index (χ2n) is 4.10. The number of hydrogen-bond acceptors (Lipinski definition) is 3. The van der Waals surface area contributed by atoms with Crippen LogP contribution in [0.15, 0.2) is 42.5 Å². The maximum absolute atomic E-state index is 6.10. The smallest absolute Gasteiger partial charge is 0.133 e. The maximum atomic E-state index is 6.10. The van der Waals surface area contributed by atoms with Gasteiger partial charge in [0.1, 0.15) is 11.5 Å². The zero-order chi connectivity index (χ0) is 13.7. The highest BCUT2D eigenvalue weighted by Crippen LogP contribution is 2.30. The van der Waals surface area contributed by atoms with Gasteiger partial charge < -0.3 is 15.2 Å².